The molecule has 4 rings (SSSR count). The molecule has 2 aliphatic rings. The number of hydrogen-bond acceptors (Lipinski definition) is 9. The molecule has 0 bridgehead atoms. The lowest BCUT2D eigenvalue weighted by Gasteiger charge is -2.32. The van der Waals surface area contributed by atoms with E-state index in [1.54, 1.807) is 49.2 Å². The monoisotopic (exact) mass is 617 g/mol. The Kier molecular flexibility index (Phi) is 18.3. The topological polar surface area (TPSA) is 142 Å². The van der Waals surface area contributed by atoms with Crippen molar-refractivity contribution in [3.8, 4) is 17.6 Å². The van der Waals surface area contributed by atoms with E-state index in [1.165, 1.54) is 6.92 Å². The van der Waals surface area contributed by atoms with E-state index in [4.69, 9.17) is 26.3 Å². The first-order chi connectivity index (χ1) is 18.9. The summed E-state index contributed by atoms with van der Waals surface area (Å²) in [6, 6.07) is 1.75. The Balaban J connectivity index is 0.000000606. The minimum Gasteiger partial charge on any atom is -0.503 e. The Labute approximate surface area is 253 Å². The molecule has 2 fully saturated rings. The normalized spacial score (nSPS) is 16.1. The van der Waals surface area contributed by atoms with Crippen LogP contribution in [0, 0.1) is 25.2 Å². The zero-order valence-corrected chi connectivity index (χ0v) is 26.6. The molecule has 2 aromatic rings. The summed E-state index contributed by atoms with van der Waals surface area (Å²) in [6.45, 7) is 15.4. The molecule has 4 heterocycles. The minimum absolute atomic E-state index is 0. The van der Waals surface area contributed by atoms with Gasteiger partial charge in [-0.1, -0.05) is 0 Å². The van der Waals surface area contributed by atoms with Gasteiger partial charge in [-0.3, -0.25) is 14.5 Å². The van der Waals surface area contributed by atoms with Gasteiger partial charge >= 0.3 is 0 Å². The standard InChI is InChI=1S/C13H20N2O3.C9H12ClNO2.C4H9NO.C2H3N.ClH/c1-9(15-4-6-18-7-5-15)11-8-14(3)10(2)12(16)13(11)17;1-5(10)7-4-11(3)6(2)8(12)9(7)13;1-3-6-4-2-5-1;1-2-3;/h8-9,16H,4-7H2,1-3H3;4-5,12H,1-3H3;5H,1-4H2;1H3;1H. The summed E-state index contributed by atoms with van der Waals surface area (Å²) in [7, 11) is 3.60. The molecule has 2 saturated heterocycles. The second kappa shape index (κ2) is 19.5. The Morgan fingerprint density at radius 2 is 1.29 bits per heavy atom. The molecule has 2 atom stereocenters. The molecule has 3 N–H and O–H groups in total. The summed E-state index contributed by atoms with van der Waals surface area (Å²) in [5.74, 6) is -0.359. The van der Waals surface area contributed by atoms with Crippen LogP contribution in [0.3, 0.4) is 0 Å². The summed E-state index contributed by atoms with van der Waals surface area (Å²) in [4.78, 5) is 25.7. The van der Waals surface area contributed by atoms with E-state index in [-0.39, 0.29) is 46.2 Å². The van der Waals surface area contributed by atoms with E-state index in [2.05, 4.69) is 10.2 Å². The number of aromatic hydroxyl groups is 2. The van der Waals surface area contributed by atoms with Crippen molar-refractivity contribution in [3.05, 3.63) is 55.4 Å². The van der Waals surface area contributed by atoms with Crippen LogP contribution in [0.15, 0.2) is 22.0 Å². The fourth-order valence-corrected chi connectivity index (χ4v) is 4.08. The molecule has 13 heteroatoms. The van der Waals surface area contributed by atoms with Gasteiger partial charge < -0.3 is 34.1 Å². The average Bonchev–Trinajstić information content (AvgIpc) is 2.96. The number of hydrogen-bond donors (Lipinski definition) is 3. The lowest BCUT2D eigenvalue weighted by Crippen LogP contribution is -2.39. The highest BCUT2D eigenvalue weighted by Gasteiger charge is 2.23. The largest absolute Gasteiger partial charge is 0.503 e. The van der Waals surface area contributed by atoms with Gasteiger partial charge in [0.15, 0.2) is 11.5 Å². The van der Waals surface area contributed by atoms with Crippen LogP contribution in [0.25, 0.3) is 0 Å². The van der Waals surface area contributed by atoms with Gasteiger partial charge in [-0.05, 0) is 27.7 Å². The molecule has 41 heavy (non-hydrogen) atoms. The predicted molar refractivity (Wildman–Crippen MR) is 163 cm³/mol. The Morgan fingerprint density at radius 1 is 0.902 bits per heavy atom. The number of aromatic nitrogens is 2. The zero-order chi connectivity index (χ0) is 30.4. The number of pyridine rings is 2. The van der Waals surface area contributed by atoms with Gasteiger partial charge in [0.05, 0.1) is 49.3 Å². The van der Waals surface area contributed by atoms with Crippen LogP contribution in [0.4, 0.5) is 0 Å². The third-order valence-corrected chi connectivity index (χ3v) is 6.92. The number of rotatable bonds is 3. The van der Waals surface area contributed by atoms with Crippen LogP contribution < -0.4 is 16.2 Å². The van der Waals surface area contributed by atoms with E-state index in [1.807, 2.05) is 20.2 Å². The quantitative estimate of drug-likeness (QED) is 0.443. The molecule has 0 radical (unpaired) electrons. The number of aryl methyl sites for hydroxylation is 2. The number of halogens is 2. The SMILES string of the molecule is C1COCCN1.CC#N.Cc1c(O)c(=O)c(C(C)Cl)cn1C.Cc1c(O)c(=O)c(C(C)N2CCOCC2)cn1C.Cl. The third kappa shape index (κ3) is 11.7. The third-order valence-electron chi connectivity index (χ3n) is 6.68. The van der Waals surface area contributed by atoms with E-state index in [0.717, 1.165) is 39.4 Å². The lowest BCUT2D eigenvalue weighted by atomic mass is 10.1. The highest BCUT2D eigenvalue weighted by molar-refractivity contribution is 6.20. The van der Waals surface area contributed by atoms with Crippen LogP contribution in [0.1, 0.15) is 54.7 Å². The fraction of sp³-hybridized carbons (Fsp3) is 0.607. The number of alkyl halides is 1. The number of nitrogens with one attached hydrogen (secondary N) is 1. The van der Waals surface area contributed by atoms with Crippen molar-refractivity contribution < 1.29 is 19.7 Å². The van der Waals surface area contributed by atoms with Crippen molar-refractivity contribution in [3.63, 3.8) is 0 Å². The molecule has 2 unspecified atom stereocenters. The fourth-order valence-electron chi connectivity index (χ4n) is 3.92. The van der Waals surface area contributed by atoms with E-state index in [0.29, 0.717) is 35.7 Å². The van der Waals surface area contributed by atoms with Crippen LogP contribution in [0.5, 0.6) is 11.5 Å². The zero-order valence-electron chi connectivity index (χ0n) is 25.1. The number of nitriles is 1. The van der Waals surface area contributed by atoms with Crippen molar-refractivity contribution in [2.24, 2.45) is 14.1 Å². The molecule has 0 aliphatic carbocycles. The van der Waals surface area contributed by atoms with Crippen molar-refractivity contribution in [2.45, 2.75) is 46.0 Å². The van der Waals surface area contributed by atoms with Crippen molar-refractivity contribution in [1.82, 2.24) is 19.4 Å². The molecule has 11 nitrogen and oxygen atoms in total. The molecule has 2 aliphatic heterocycles. The van der Waals surface area contributed by atoms with Gasteiger partial charge in [0.25, 0.3) is 0 Å². The number of ether oxygens (including phenoxy) is 2. The Bertz CT molecular complexity index is 1220. The molecular weight excluding hydrogens is 573 g/mol. The van der Waals surface area contributed by atoms with E-state index < -0.39 is 0 Å². The molecule has 0 spiro atoms. The minimum atomic E-state index is -0.384. The Hall–Kier alpha value is -2.59. The van der Waals surface area contributed by atoms with Gasteiger partial charge in [-0.25, -0.2) is 0 Å². The highest BCUT2D eigenvalue weighted by Crippen LogP contribution is 2.22. The first kappa shape index (κ1) is 38.4. The lowest BCUT2D eigenvalue weighted by molar-refractivity contribution is 0.0195. The van der Waals surface area contributed by atoms with Crippen LogP contribution >= 0.6 is 24.0 Å². The maximum Gasteiger partial charge on any atom is 0.228 e. The van der Waals surface area contributed by atoms with Gasteiger partial charge in [0.2, 0.25) is 10.9 Å². The molecule has 2 aromatic heterocycles. The number of morpholine rings is 2. The van der Waals surface area contributed by atoms with Gasteiger partial charge in [0.1, 0.15) is 0 Å². The highest BCUT2D eigenvalue weighted by atomic mass is 35.5. The second-order valence-corrected chi connectivity index (χ2v) is 10.1. The van der Waals surface area contributed by atoms with Gasteiger partial charge in [0, 0.05) is 76.8 Å². The molecular formula is C28H45Cl2N5O6. The van der Waals surface area contributed by atoms with Crippen molar-refractivity contribution >= 4 is 24.0 Å². The summed E-state index contributed by atoms with van der Waals surface area (Å²) in [5.41, 5.74) is 1.57. The van der Waals surface area contributed by atoms with Crippen LogP contribution in [-0.2, 0) is 23.6 Å². The molecule has 0 amide bonds. The number of nitrogens with zero attached hydrogens (tertiary/aromatic N) is 4. The van der Waals surface area contributed by atoms with Crippen LogP contribution in [-0.4, -0.2) is 76.9 Å². The van der Waals surface area contributed by atoms with Crippen molar-refractivity contribution in [1.29, 1.82) is 5.26 Å². The van der Waals surface area contributed by atoms with Gasteiger partial charge in [-0.15, -0.1) is 24.0 Å². The van der Waals surface area contributed by atoms with E-state index >= 15 is 0 Å². The predicted octanol–water partition coefficient (Wildman–Crippen LogP) is 3.05. The molecule has 0 aromatic carbocycles. The summed E-state index contributed by atoms with van der Waals surface area (Å²) >= 11 is 5.78. The van der Waals surface area contributed by atoms with E-state index in [9.17, 15) is 19.8 Å². The summed E-state index contributed by atoms with van der Waals surface area (Å²) < 4.78 is 13.8. The summed E-state index contributed by atoms with van der Waals surface area (Å²) in [6.07, 6.45) is 3.46. The van der Waals surface area contributed by atoms with Crippen molar-refractivity contribution in [2.75, 3.05) is 52.6 Å². The molecule has 0 saturated carbocycles. The first-order valence-corrected chi connectivity index (χ1v) is 13.7. The molecule has 232 valence electrons. The Morgan fingerprint density at radius 3 is 1.66 bits per heavy atom. The van der Waals surface area contributed by atoms with Crippen LogP contribution in [0.2, 0.25) is 0 Å². The smallest absolute Gasteiger partial charge is 0.228 e. The second-order valence-electron chi connectivity index (χ2n) is 9.44. The first-order valence-electron chi connectivity index (χ1n) is 13.2. The average molecular weight is 619 g/mol. The summed E-state index contributed by atoms with van der Waals surface area (Å²) in [5, 5.41) is 29.4. The van der Waals surface area contributed by atoms with Gasteiger partial charge in [-0.2, -0.15) is 5.26 Å². The maximum absolute atomic E-state index is 12.1. The maximum atomic E-state index is 12.1.